The summed E-state index contributed by atoms with van der Waals surface area (Å²) in [6.45, 7) is 2.84. The van der Waals surface area contributed by atoms with Crippen LogP contribution in [0.15, 0.2) is 54.7 Å². The van der Waals surface area contributed by atoms with E-state index in [1.165, 1.54) is 11.1 Å². The van der Waals surface area contributed by atoms with Gasteiger partial charge in [0, 0.05) is 23.8 Å². The molecule has 0 saturated carbocycles. The molecule has 0 aliphatic rings. The molecule has 0 aliphatic carbocycles. The maximum Gasteiger partial charge on any atom is 0.119 e. The Morgan fingerprint density at radius 2 is 2.00 bits per heavy atom. The second-order valence-corrected chi connectivity index (χ2v) is 5.03. The van der Waals surface area contributed by atoms with Crippen molar-refractivity contribution in [1.29, 1.82) is 0 Å². The average molecular weight is 278 g/mol. The monoisotopic (exact) mass is 278 g/mol. The van der Waals surface area contributed by atoms with E-state index in [1.807, 2.05) is 30.5 Å². The predicted molar refractivity (Wildman–Crippen MR) is 86.8 cm³/mol. The van der Waals surface area contributed by atoms with Gasteiger partial charge in [-0.15, -0.1) is 0 Å². The number of ether oxygens (including phenoxy) is 1. The molecule has 0 radical (unpaired) electrons. The Balaban J connectivity index is 1.87. The Labute approximate surface area is 124 Å². The maximum absolute atomic E-state index is 5.26. The number of pyridine rings is 1. The van der Waals surface area contributed by atoms with Gasteiger partial charge in [0.25, 0.3) is 0 Å². The predicted octanol–water partition coefficient (Wildman–Crippen LogP) is 4.16. The van der Waals surface area contributed by atoms with E-state index in [1.54, 1.807) is 7.11 Å². The van der Waals surface area contributed by atoms with Crippen LogP contribution in [0.25, 0.3) is 10.9 Å². The average Bonchev–Trinajstić information content (AvgIpc) is 2.55. The smallest absolute Gasteiger partial charge is 0.119 e. The number of nitrogens with zero attached hydrogens (tertiary/aromatic N) is 1. The summed E-state index contributed by atoms with van der Waals surface area (Å²) in [5.74, 6) is 0.879. The largest absolute Gasteiger partial charge is 0.497 e. The zero-order chi connectivity index (χ0) is 14.7. The Morgan fingerprint density at radius 1 is 1.10 bits per heavy atom. The van der Waals surface area contributed by atoms with Crippen LogP contribution in [0.3, 0.4) is 0 Å². The Morgan fingerprint density at radius 3 is 2.86 bits per heavy atom. The van der Waals surface area contributed by atoms with E-state index in [4.69, 9.17) is 4.74 Å². The quantitative estimate of drug-likeness (QED) is 0.778. The number of hydrogen-bond donors (Lipinski definition) is 1. The van der Waals surface area contributed by atoms with Crippen LogP contribution in [0.4, 0.5) is 5.69 Å². The zero-order valence-corrected chi connectivity index (χ0v) is 12.3. The lowest BCUT2D eigenvalue weighted by Crippen LogP contribution is -2.01. The fraction of sp³-hybridized carbons (Fsp3) is 0.167. The second-order valence-electron chi connectivity index (χ2n) is 5.03. The van der Waals surface area contributed by atoms with Crippen LogP contribution < -0.4 is 10.1 Å². The summed E-state index contributed by atoms with van der Waals surface area (Å²) in [7, 11) is 1.69. The fourth-order valence-corrected chi connectivity index (χ4v) is 2.45. The number of aromatic nitrogens is 1. The SMILES string of the molecule is COc1cccc(CNc2ccc(C)c3ncccc23)c1. The summed E-state index contributed by atoms with van der Waals surface area (Å²) in [5.41, 5.74) is 4.53. The minimum atomic E-state index is 0.754. The summed E-state index contributed by atoms with van der Waals surface area (Å²) in [6, 6.07) is 16.4. The van der Waals surface area contributed by atoms with Crippen molar-refractivity contribution < 1.29 is 4.74 Å². The molecule has 3 heteroatoms. The molecule has 0 saturated heterocycles. The molecule has 1 N–H and O–H groups in total. The number of rotatable bonds is 4. The number of aryl methyl sites for hydroxylation is 1. The maximum atomic E-state index is 5.26. The Hall–Kier alpha value is -2.55. The molecule has 0 aliphatic heterocycles. The van der Waals surface area contributed by atoms with Crippen molar-refractivity contribution in [3.63, 3.8) is 0 Å². The van der Waals surface area contributed by atoms with Gasteiger partial charge in [-0.1, -0.05) is 18.2 Å². The van der Waals surface area contributed by atoms with Gasteiger partial charge in [0.15, 0.2) is 0 Å². The number of methoxy groups -OCH3 is 1. The summed E-state index contributed by atoms with van der Waals surface area (Å²) >= 11 is 0. The van der Waals surface area contributed by atoms with Gasteiger partial charge in [-0.3, -0.25) is 4.98 Å². The van der Waals surface area contributed by atoms with E-state index in [0.717, 1.165) is 28.9 Å². The molecule has 0 spiro atoms. The lowest BCUT2D eigenvalue weighted by atomic mass is 10.1. The van der Waals surface area contributed by atoms with Crippen LogP contribution in [0.5, 0.6) is 5.75 Å². The third kappa shape index (κ3) is 2.82. The molecule has 1 aromatic heterocycles. The van der Waals surface area contributed by atoms with Crippen LogP contribution in [0, 0.1) is 6.92 Å². The van der Waals surface area contributed by atoms with E-state index in [2.05, 4.69) is 41.5 Å². The fourth-order valence-electron chi connectivity index (χ4n) is 2.45. The molecule has 3 rings (SSSR count). The molecule has 106 valence electrons. The summed E-state index contributed by atoms with van der Waals surface area (Å²) in [4.78, 5) is 4.46. The third-order valence-corrected chi connectivity index (χ3v) is 3.59. The van der Waals surface area contributed by atoms with Gasteiger partial charge < -0.3 is 10.1 Å². The van der Waals surface area contributed by atoms with Gasteiger partial charge in [0.05, 0.1) is 12.6 Å². The number of nitrogens with one attached hydrogen (secondary N) is 1. The van der Waals surface area contributed by atoms with Crippen molar-refractivity contribution in [2.45, 2.75) is 13.5 Å². The number of benzene rings is 2. The van der Waals surface area contributed by atoms with Crippen LogP contribution in [-0.4, -0.2) is 12.1 Å². The number of fused-ring (bicyclic) bond motifs is 1. The van der Waals surface area contributed by atoms with E-state index in [0.29, 0.717) is 0 Å². The van der Waals surface area contributed by atoms with Crippen molar-refractivity contribution in [2.24, 2.45) is 0 Å². The van der Waals surface area contributed by atoms with Crippen LogP contribution in [0.2, 0.25) is 0 Å². The highest BCUT2D eigenvalue weighted by Crippen LogP contribution is 2.25. The molecule has 0 fully saturated rings. The van der Waals surface area contributed by atoms with Crippen LogP contribution in [-0.2, 0) is 6.54 Å². The molecule has 2 aromatic carbocycles. The lowest BCUT2D eigenvalue weighted by molar-refractivity contribution is 0.414. The minimum absolute atomic E-state index is 0.754. The molecule has 3 nitrogen and oxygen atoms in total. The highest BCUT2D eigenvalue weighted by Gasteiger charge is 2.04. The second kappa shape index (κ2) is 5.83. The molecule has 1 heterocycles. The molecule has 0 bridgehead atoms. The van der Waals surface area contributed by atoms with Crippen molar-refractivity contribution in [1.82, 2.24) is 4.98 Å². The molecule has 0 atom stereocenters. The minimum Gasteiger partial charge on any atom is -0.497 e. The first-order valence-corrected chi connectivity index (χ1v) is 6.99. The Kier molecular flexibility index (Phi) is 3.73. The molecule has 0 unspecified atom stereocenters. The first-order valence-electron chi connectivity index (χ1n) is 6.99. The summed E-state index contributed by atoms with van der Waals surface area (Å²) < 4.78 is 5.26. The van der Waals surface area contributed by atoms with Crippen molar-refractivity contribution in [3.05, 3.63) is 65.9 Å². The molecule has 21 heavy (non-hydrogen) atoms. The van der Waals surface area contributed by atoms with Gasteiger partial charge in [-0.2, -0.15) is 0 Å². The number of hydrogen-bond acceptors (Lipinski definition) is 3. The topological polar surface area (TPSA) is 34.1 Å². The first-order chi connectivity index (χ1) is 10.3. The zero-order valence-electron chi connectivity index (χ0n) is 12.3. The summed E-state index contributed by atoms with van der Waals surface area (Å²) in [6.07, 6.45) is 1.83. The van der Waals surface area contributed by atoms with Crippen LogP contribution in [0.1, 0.15) is 11.1 Å². The molecular formula is C18H18N2O. The van der Waals surface area contributed by atoms with Crippen LogP contribution >= 0.6 is 0 Å². The first kappa shape index (κ1) is 13.4. The third-order valence-electron chi connectivity index (χ3n) is 3.59. The lowest BCUT2D eigenvalue weighted by Gasteiger charge is -2.11. The van der Waals surface area contributed by atoms with Crippen molar-refractivity contribution >= 4 is 16.6 Å². The van der Waals surface area contributed by atoms with Gasteiger partial charge in [-0.25, -0.2) is 0 Å². The standard InChI is InChI=1S/C18H18N2O/c1-13-8-9-17(16-7-4-10-19-18(13)16)20-12-14-5-3-6-15(11-14)21-2/h3-11,20H,12H2,1-2H3. The van der Waals surface area contributed by atoms with E-state index in [9.17, 15) is 0 Å². The molecular weight excluding hydrogens is 260 g/mol. The van der Waals surface area contributed by atoms with E-state index >= 15 is 0 Å². The summed E-state index contributed by atoms with van der Waals surface area (Å²) in [5, 5.41) is 4.64. The normalized spacial score (nSPS) is 10.6. The van der Waals surface area contributed by atoms with Crippen molar-refractivity contribution in [3.8, 4) is 5.75 Å². The van der Waals surface area contributed by atoms with Crippen molar-refractivity contribution in [2.75, 3.05) is 12.4 Å². The van der Waals surface area contributed by atoms with Gasteiger partial charge in [0.2, 0.25) is 0 Å². The van der Waals surface area contributed by atoms with E-state index in [-0.39, 0.29) is 0 Å². The van der Waals surface area contributed by atoms with Gasteiger partial charge >= 0.3 is 0 Å². The highest BCUT2D eigenvalue weighted by molar-refractivity contribution is 5.93. The van der Waals surface area contributed by atoms with Gasteiger partial charge in [0.1, 0.15) is 5.75 Å². The van der Waals surface area contributed by atoms with Gasteiger partial charge in [-0.05, 0) is 48.4 Å². The molecule has 0 amide bonds. The van der Waals surface area contributed by atoms with E-state index < -0.39 is 0 Å². The number of anilines is 1. The Bertz CT molecular complexity index is 768. The molecule has 3 aromatic rings. The highest BCUT2D eigenvalue weighted by atomic mass is 16.5.